The van der Waals surface area contributed by atoms with E-state index in [1.54, 1.807) is 6.92 Å². The number of Topliss-reactive ketones (excluding diaryl/α,β-unsaturated/α-hetero) is 1. The van der Waals surface area contributed by atoms with E-state index in [0.29, 0.717) is 18.0 Å². The van der Waals surface area contributed by atoms with E-state index >= 15 is 0 Å². The molecular formula is C11H14ClNO. The highest BCUT2D eigenvalue weighted by Gasteiger charge is 1.99. The molecule has 2 nitrogen and oxygen atoms in total. The minimum absolute atomic E-state index is 0.192. The van der Waals surface area contributed by atoms with Crippen molar-refractivity contribution in [1.82, 2.24) is 0 Å². The standard InChI is InChI=1S/C11H14ClNO/c1-8-3-4-10(12)7-11(8)13-6-5-9(2)14/h3-4,7,13H,5-6H2,1-2H3. The van der Waals surface area contributed by atoms with Gasteiger partial charge in [-0.3, -0.25) is 4.79 Å². The zero-order valence-corrected chi connectivity index (χ0v) is 9.19. The largest absolute Gasteiger partial charge is 0.384 e. The lowest BCUT2D eigenvalue weighted by molar-refractivity contribution is -0.116. The second kappa shape index (κ2) is 5.01. The summed E-state index contributed by atoms with van der Waals surface area (Å²) in [7, 11) is 0. The first-order valence-corrected chi connectivity index (χ1v) is 4.97. The van der Waals surface area contributed by atoms with Gasteiger partial charge in [0.1, 0.15) is 5.78 Å². The summed E-state index contributed by atoms with van der Waals surface area (Å²) in [5, 5.41) is 3.89. The Labute approximate surface area is 89.3 Å². The molecule has 14 heavy (non-hydrogen) atoms. The van der Waals surface area contributed by atoms with Crippen molar-refractivity contribution in [2.45, 2.75) is 20.3 Å². The van der Waals surface area contributed by atoms with Crippen LogP contribution in [0.3, 0.4) is 0 Å². The molecule has 0 bridgehead atoms. The molecule has 0 fully saturated rings. The SMILES string of the molecule is CC(=O)CCNc1cc(Cl)ccc1C. The number of hydrogen-bond acceptors (Lipinski definition) is 2. The van der Waals surface area contributed by atoms with Gasteiger partial charge in [-0.05, 0) is 31.5 Å². The van der Waals surface area contributed by atoms with E-state index in [0.717, 1.165) is 11.3 Å². The predicted molar refractivity (Wildman–Crippen MR) is 60.0 cm³/mol. The number of aryl methyl sites for hydroxylation is 1. The lowest BCUT2D eigenvalue weighted by atomic mass is 10.2. The van der Waals surface area contributed by atoms with Crippen molar-refractivity contribution < 1.29 is 4.79 Å². The van der Waals surface area contributed by atoms with Gasteiger partial charge in [0.05, 0.1) is 0 Å². The Morgan fingerprint density at radius 1 is 1.50 bits per heavy atom. The van der Waals surface area contributed by atoms with E-state index in [9.17, 15) is 4.79 Å². The third-order valence-electron chi connectivity index (χ3n) is 1.99. The summed E-state index contributed by atoms with van der Waals surface area (Å²) in [6, 6.07) is 5.68. The maximum atomic E-state index is 10.7. The Hall–Kier alpha value is -1.02. The van der Waals surface area contributed by atoms with Crippen molar-refractivity contribution in [3.8, 4) is 0 Å². The summed E-state index contributed by atoms with van der Waals surface area (Å²) < 4.78 is 0. The van der Waals surface area contributed by atoms with Crippen molar-refractivity contribution in [2.24, 2.45) is 0 Å². The van der Waals surface area contributed by atoms with Crippen LogP contribution in [0.15, 0.2) is 18.2 Å². The van der Waals surface area contributed by atoms with Crippen LogP contribution in [-0.4, -0.2) is 12.3 Å². The molecule has 1 rings (SSSR count). The van der Waals surface area contributed by atoms with Crippen LogP contribution < -0.4 is 5.32 Å². The average molecular weight is 212 g/mol. The van der Waals surface area contributed by atoms with Gasteiger partial charge in [0.2, 0.25) is 0 Å². The first kappa shape index (κ1) is 11.1. The zero-order chi connectivity index (χ0) is 10.6. The maximum Gasteiger partial charge on any atom is 0.131 e. The quantitative estimate of drug-likeness (QED) is 0.830. The molecule has 0 aliphatic carbocycles. The van der Waals surface area contributed by atoms with Crippen molar-refractivity contribution >= 4 is 23.1 Å². The molecule has 0 aromatic heterocycles. The van der Waals surface area contributed by atoms with Crippen LogP contribution in [0.2, 0.25) is 5.02 Å². The summed E-state index contributed by atoms with van der Waals surface area (Å²) in [5.74, 6) is 0.192. The smallest absolute Gasteiger partial charge is 0.131 e. The number of hydrogen-bond donors (Lipinski definition) is 1. The fraction of sp³-hybridized carbons (Fsp3) is 0.364. The average Bonchev–Trinajstić information content (AvgIpc) is 2.10. The molecule has 0 heterocycles. The van der Waals surface area contributed by atoms with Crippen LogP contribution in [0, 0.1) is 6.92 Å². The van der Waals surface area contributed by atoms with E-state index in [4.69, 9.17) is 11.6 Å². The minimum Gasteiger partial charge on any atom is -0.384 e. The second-order valence-corrected chi connectivity index (χ2v) is 3.77. The van der Waals surface area contributed by atoms with E-state index in [-0.39, 0.29) is 5.78 Å². The molecule has 0 saturated heterocycles. The van der Waals surface area contributed by atoms with E-state index < -0.39 is 0 Å². The highest BCUT2D eigenvalue weighted by Crippen LogP contribution is 2.19. The lowest BCUT2D eigenvalue weighted by Gasteiger charge is -2.08. The minimum atomic E-state index is 0.192. The van der Waals surface area contributed by atoms with Gasteiger partial charge >= 0.3 is 0 Å². The number of anilines is 1. The van der Waals surface area contributed by atoms with Crippen LogP contribution in [0.1, 0.15) is 18.9 Å². The number of halogens is 1. The van der Waals surface area contributed by atoms with Crippen molar-refractivity contribution in [2.75, 3.05) is 11.9 Å². The van der Waals surface area contributed by atoms with E-state index in [1.165, 1.54) is 0 Å². The van der Waals surface area contributed by atoms with Crippen LogP contribution in [0.5, 0.6) is 0 Å². The number of benzene rings is 1. The van der Waals surface area contributed by atoms with Gasteiger partial charge in [0.25, 0.3) is 0 Å². The van der Waals surface area contributed by atoms with Crippen molar-refractivity contribution in [3.63, 3.8) is 0 Å². The predicted octanol–water partition coefficient (Wildman–Crippen LogP) is 3.04. The fourth-order valence-electron chi connectivity index (χ4n) is 1.16. The number of ketones is 1. The molecule has 1 aromatic rings. The Bertz CT molecular complexity index is 336. The van der Waals surface area contributed by atoms with Gasteiger partial charge in [-0.25, -0.2) is 0 Å². The van der Waals surface area contributed by atoms with E-state index in [2.05, 4.69) is 5.32 Å². The number of rotatable bonds is 4. The molecule has 0 saturated carbocycles. The Kier molecular flexibility index (Phi) is 3.96. The van der Waals surface area contributed by atoms with Crippen LogP contribution in [-0.2, 0) is 4.79 Å². The van der Waals surface area contributed by atoms with E-state index in [1.807, 2.05) is 25.1 Å². The van der Waals surface area contributed by atoms with Gasteiger partial charge < -0.3 is 5.32 Å². The Morgan fingerprint density at radius 3 is 2.86 bits per heavy atom. The molecule has 0 atom stereocenters. The molecule has 3 heteroatoms. The van der Waals surface area contributed by atoms with Crippen LogP contribution in [0.4, 0.5) is 5.69 Å². The number of carbonyl (C=O) groups is 1. The number of carbonyl (C=O) groups excluding carboxylic acids is 1. The van der Waals surface area contributed by atoms with Crippen LogP contribution >= 0.6 is 11.6 Å². The first-order chi connectivity index (χ1) is 6.59. The third kappa shape index (κ3) is 3.38. The summed E-state index contributed by atoms with van der Waals surface area (Å²) >= 11 is 5.85. The molecule has 0 spiro atoms. The lowest BCUT2D eigenvalue weighted by Crippen LogP contribution is -2.06. The normalized spacial score (nSPS) is 9.93. The zero-order valence-electron chi connectivity index (χ0n) is 8.43. The molecule has 0 aliphatic rings. The molecule has 0 radical (unpaired) electrons. The monoisotopic (exact) mass is 211 g/mol. The molecule has 0 unspecified atom stereocenters. The molecule has 1 aromatic carbocycles. The van der Waals surface area contributed by atoms with Crippen LogP contribution in [0.25, 0.3) is 0 Å². The molecule has 0 amide bonds. The Morgan fingerprint density at radius 2 is 2.21 bits per heavy atom. The van der Waals surface area contributed by atoms with Gasteiger partial charge in [-0.1, -0.05) is 17.7 Å². The van der Waals surface area contributed by atoms with Gasteiger partial charge in [0.15, 0.2) is 0 Å². The van der Waals surface area contributed by atoms with Crippen molar-refractivity contribution in [1.29, 1.82) is 0 Å². The molecular weight excluding hydrogens is 198 g/mol. The summed E-state index contributed by atoms with van der Waals surface area (Å²) in [5.41, 5.74) is 2.14. The van der Waals surface area contributed by atoms with Crippen molar-refractivity contribution in [3.05, 3.63) is 28.8 Å². The highest BCUT2D eigenvalue weighted by atomic mass is 35.5. The van der Waals surface area contributed by atoms with Gasteiger partial charge in [0, 0.05) is 23.7 Å². The maximum absolute atomic E-state index is 10.7. The highest BCUT2D eigenvalue weighted by molar-refractivity contribution is 6.30. The Balaban J connectivity index is 2.57. The second-order valence-electron chi connectivity index (χ2n) is 3.34. The number of nitrogens with one attached hydrogen (secondary N) is 1. The molecule has 1 N–H and O–H groups in total. The van der Waals surface area contributed by atoms with Gasteiger partial charge in [-0.2, -0.15) is 0 Å². The summed E-state index contributed by atoms with van der Waals surface area (Å²) in [6.45, 7) is 4.26. The topological polar surface area (TPSA) is 29.1 Å². The first-order valence-electron chi connectivity index (χ1n) is 4.59. The summed E-state index contributed by atoms with van der Waals surface area (Å²) in [6.07, 6.45) is 0.548. The molecule has 76 valence electrons. The third-order valence-corrected chi connectivity index (χ3v) is 2.23. The molecule has 0 aliphatic heterocycles. The van der Waals surface area contributed by atoms with Gasteiger partial charge in [-0.15, -0.1) is 0 Å². The summed E-state index contributed by atoms with van der Waals surface area (Å²) in [4.78, 5) is 10.7. The fourth-order valence-corrected chi connectivity index (χ4v) is 1.33.